The Morgan fingerprint density at radius 3 is 2.40 bits per heavy atom. The summed E-state index contributed by atoms with van der Waals surface area (Å²) < 4.78 is 27.1. The molecule has 1 N–H and O–H groups in total. The van der Waals surface area contributed by atoms with Gasteiger partial charge in [0.1, 0.15) is 0 Å². The second-order valence-corrected chi connectivity index (χ2v) is 8.51. The molecule has 2 aromatic rings. The quantitative estimate of drug-likeness (QED) is 0.914. The molecule has 1 amide bonds. The van der Waals surface area contributed by atoms with Gasteiger partial charge in [-0.05, 0) is 47.7 Å². The zero-order valence-electron chi connectivity index (χ0n) is 14.6. The number of carbonyl (C=O) groups is 1. The predicted octanol–water partition coefficient (Wildman–Crippen LogP) is 2.92. The molecule has 6 heteroatoms. The van der Waals surface area contributed by atoms with Gasteiger partial charge in [0, 0.05) is 19.2 Å². The van der Waals surface area contributed by atoms with E-state index in [2.05, 4.69) is 19.2 Å². The van der Waals surface area contributed by atoms with Crippen molar-refractivity contribution in [1.29, 1.82) is 0 Å². The minimum absolute atomic E-state index is 0.124. The maximum absolute atomic E-state index is 12.9. The van der Waals surface area contributed by atoms with Gasteiger partial charge in [-0.3, -0.25) is 9.10 Å². The molecule has 0 radical (unpaired) electrons. The van der Waals surface area contributed by atoms with Crippen molar-refractivity contribution >= 4 is 21.6 Å². The van der Waals surface area contributed by atoms with Crippen LogP contribution >= 0.6 is 0 Å². The molecule has 5 nitrogen and oxygen atoms in total. The van der Waals surface area contributed by atoms with E-state index in [4.69, 9.17) is 0 Å². The van der Waals surface area contributed by atoms with E-state index in [0.717, 1.165) is 11.1 Å². The molecule has 25 heavy (non-hydrogen) atoms. The fourth-order valence-corrected chi connectivity index (χ4v) is 4.14. The highest BCUT2D eigenvalue weighted by molar-refractivity contribution is 7.92. The van der Waals surface area contributed by atoms with Crippen molar-refractivity contribution in [3.8, 4) is 0 Å². The number of anilines is 1. The Hall–Kier alpha value is -2.34. The smallest absolute Gasteiger partial charge is 0.264 e. The van der Waals surface area contributed by atoms with Crippen molar-refractivity contribution in [1.82, 2.24) is 5.32 Å². The third-order valence-electron chi connectivity index (χ3n) is 4.59. The van der Waals surface area contributed by atoms with Gasteiger partial charge in [-0.25, -0.2) is 8.42 Å². The molecule has 0 saturated carbocycles. The average molecular weight is 358 g/mol. The molecule has 2 aromatic carbocycles. The minimum atomic E-state index is -3.73. The number of amides is 1. The van der Waals surface area contributed by atoms with Crippen LogP contribution in [0, 0.1) is 0 Å². The first kappa shape index (κ1) is 17.5. The van der Waals surface area contributed by atoms with E-state index >= 15 is 0 Å². The Balaban J connectivity index is 1.95. The number of hydrogen-bond acceptors (Lipinski definition) is 3. The largest absolute Gasteiger partial charge is 0.352 e. The van der Waals surface area contributed by atoms with E-state index in [0.29, 0.717) is 30.1 Å². The minimum Gasteiger partial charge on any atom is -0.352 e. The van der Waals surface area contributed by atoms with Gasteiger partial charge in [0.2, 0.25) is 0 Å². The van der Waals surface area contributed by atoms with Gasteiger partial charge in [-0.2, -0.15) is 0 Å². The van der Waals surface area contributed by atoms with Gasteiger partial charge in [0.05, 0.1) is 10.6 Å². The maximum Gasteiger partial charge on any atom is 0.264 e. The van der Waals surface area contributed by atoms with Crippen LogP contribution in [0.15, 0.2) is 47.4 Å². The molecule has 132 valence electrons. The normalized spacial score (nSPS) is 14.2. The van der Waals surface area contributed by atoms with Crippen LogP contribution < -0.4 is 9.62 Å². The Kier molecular flexibility index (Phi) is 4.56. The van der Waals surface area contributed by atoms with Crippen molar-refractivity contribution in [2.45, 2.75) is 31.1 Å². The molecule has 0 saturated heterocycles. The standard InChI is InChI=1S/C19H22N2O3S/c1-13(2)14-4-7-16(8-5-14)21(3)25(23,24)17-9-6-15-10-11-20-19(22)18(15)12-17/h4-9,12-13H,10-11H2,1-3H3,(H,20,22). The molecule has 0 aromatic heterocycles. The van der Waals surface area contributed by atoms with E-state index < -0.39 is 10.0 Å². The molecule has 0 fully saturated rings. The zero-order chi connectivity index (χ0) is 18.2. The van der Waals surface area contributed by atoms with Gasteiger partial charge in [-0.1, -0.05) is 32.0 Å². The van der Waals surface area contributed by atoms with Gasteiger partial charge >= 0.3 is 0 Å². The molecule has 0 unspecified atom stereocenters. The monoisotopic (exact) mass is 358 g/mol. The molecule has 1 aliphatic rings. The van der Waals surface area contributed by atoms with Crippen molar-refractivity contribution in [2.24, 2.45) is 0 Å². The molecule has 0 aliphatic carbocycles. The molecule has 0 bridgehead atoms. The van der Waals surface area contributed by atoms with E-state index in [1.165, 1.54) is 17.4 Å². The van der Waals surface area contributed by atoms with Crippen molar-refractivity contribution in [2.75, 3.05) is 17.9 Å². The third-order valence-corrected chi connectivity index (χ3v) is 6.37. The number of sulfonamides is 1. The topological polar surface area (TPSA) is 66.5 Å². The molecule has 0 atom stereocenters. The number of rotatable bonds is 4. The highest BCUT2D eigenvalue weighted by atomic mass is 32.2. The summed E-state index contributed by atoms with van der Waals surface area (Å²) in [4.78, 5) is 12.1. The summed E-state index contributed by atoms with van der Waals surface area (Å²) in [5.74, 6) is 0.164. The average Bonchev–Trinajstić information content (AvgIpc) is 2.61. The Morgan fingerprint density at radius 2 is 1.76 bits per heavy atom. The Labute approximate surface area is 148 Å². The Bertz CT molecular complexity index is 903. The van der Waals surface area contributed by atoms with Crippen LogP contribution in [-0.2, 0) is 16.4 Å². The first-order chi connectivity index (χ1) is 11.8. The van der Waals surface area contributed by atoms with Gasteiger partial charge in [0.15, 0.2) is 0 Å². The van der Waals surface area contributed by atoms with E-state index in [9.17, 15) is 13.2 Å². The molecule has 1 aliphatic heterocycles. The van der Waals surface area contributed by atoms with Crippen LogP contribution in [0.1, 0.15) is 41.3 Å². The zero-order valence-corrected chi connectivity index (χ0v) is 15.4. The van der Waals surface area contributed by atoms with Crippen LogP contribution in [0.4, 0.5) is 5.69 Å². The molecular weight excluding hydrogens is 336 g/mol. The fraction of sp³-hybridized carbons (Fsp3) is 0.316. The summed E-state index contributed by atoms with van der Waals surface area (Å²) in [5, 5.41) is 2.75. The van der Waals surface area contributed by atoms with Crippen LogP contribution in [0.2, 0.25) is 0 Å². The lowest BCUT2D eigenvalue weighted by atomic mass is 10.0. The van der Waals surface area contributed by atoms with Crippen LogP contribution in [0.3, 0.4) is 0 Å². The number of hydrogen-bond donors (Lipinski definition) is 1. The first-order valence-corrected chi connectivity index (χ1v) is 9.74. The lowest BCUT2D eigenvalue weighted by Gasteiger charge is -2.22. The fourth-order valence-electron chi connectivity index (χ4n) is 2.92. The van der Waals surface area contributed by atoms with Gasteiger partial charge in [-0.15, -0.1) is 0 Å². The van der Waals surface area contributed by atoms with Crippen LogP contribution in [0.25, 0.3) is 0 Å². The number of nitrogens with zero attached hydrogens (tertiary/aromatic N) is 1. The van der Waals surface area contributed by atoms with E-state index in [1.807, 2.05) is 12.1 Å². The summed E-state index contributed by atoms with van der Waals surface area (Å²) in [5.41, 5.74) is 3.06. The summed E-state index contributed by atoms with van der Waals surface area (Å²) in [7, 11) is -2.20. The highest BCUT2D eigenvalue weighted by Gasteiger charge is 2.25. The SMILES string of the molecule is CC(C)c1ccc(N(C)S(=O)(=O)c2ccc3c(c2)C(=O)NCC3)cc1. The van der Waals surface area contributed by atoms with Gasteiger partial charge in [0.25, 0.3) is 15.9 Å². The highest BCUT2D eigenvalue weighted by Crippen LogP contribution is 2.26. The lowest BCUT2D eigenvalue weighted by Crippen LogP contribution is -2.32. The summed E-state index contributed by atoms with van der Waals surface area (Å²) in [6.45, 7) is 4.77. The number of nitrogens with one attached hydrogen (secondary N) is 1. The molecule has 0 spiro atoms. The third kappa shape index (κ3) is 3.26. The maximum atomic E-state index is 12.9. The summed E-state index contributed by atoms with van der Waals surface area (Å²) in [6.07, 6.45) is 0.716. The Morgan fingerprint density at radius 1 is 1.08 bits per heavy atom. The predicted molar refractivity (Wildman–Crippen MR) is 98.6 cm³/mol. The first-order valence-electron chi connectivity index (χ1n) is 8.30. The summed E-state index contributed by atoms with van der Waals surface area (Å²) in [6, 6.07) is 12.3. The summed E-state index contributed by atoms with van der Waals surface area (Å²) >= 11 is 0. The van der Waals surface area contributed by atoms with Crippen LogP contribution in [0.5, 0.6) is 0 Å². The second-order valence-electron chi connectivity index (χ2n) is 6.54. The molecule has 1 heterocycles. The second kappa shape index (κ2) is 6.52. The number of fused-ring (bicyclic) bond motifs is 1. The van der Waals surface area contributed by atoms with Crippen LogP contribution in [-0.4, -0.2) is 27.9 Å². The van der Waals surface area contributed by atoms with E-state index in [1.54, 1.807) is 24.3 Å². The van der Waals surface area contributed by atoms with Gasteiger partial charge < -0.3 is 5.32 Å². The lowest BCUT2D eigenvalue weighted by molar-refractivity contribution is 0.0945. The number of carbonyl (C=O) groups excluding carboxylic acids is 1. The molecule has 3 rings (SSSR count). The van der Waals surface area contributed by atoms with Crippen molar-refractivity contribution < 1.29 is 13.2 Å². The van der Waals surface area contributed by atoms with E-state index in [-0.39, 0.29) is 10.8 Å². The number of benzene rings is 2. The molecular formula is C19H22N2O3S. The van der Waals surface area contributed by atoms with Crippen molar-refractivity contribution in [3.05, 3.63) is 59.2 Å². The van der Waals surface area contributed by atoms with Crippen molar-refractivity contribution in [3.63, 3.8) is 0 Å².